The van der Waals surface area contributed by atoms with Gasteiger partial charge in [0.25, 0.3) is 5.91 Å². The maximum Gasteiger partial charge on any atom is 0.254 e. The van der Waals surface area contributed by atoms with E-state index in [1.807, 2.05) is 42.8 Å². The standard InChI is InChI=1S/C18H21N5O2/c1-11-5-14(21-20-11)6-13-8-23(9-17(13)24)18(25)12-3-4-16-15(7-12)19-10-22(16)2/h3-5,7,10,13,17,24H,6,8-9H2,1-2H3,(H,20,21)/t13-,17+/m1/s1. The molecule has 7 nitrogen and oxygen atoms in total. The van der Waals surface area contributed by atoms with Crippen LogP contribution in [-0.4, -0.2) is 54.9 Å². The molecule has 2 aromatic heterocycles. The number of aliphatic hydroxyl groups is 1. The van der Waals surface area contributed by atoms with E-state index >= 15 is 0 Å². The molecule has 1 aromatic carbocycles. The Morgan fingerprint density at radius 2 is 2.20 bits per heavy atom. The van der Waals surface area contributed by atoms with Crippen LogP contribution in [0, 0.1) is 12.8 Å². The van der Waals surface area contributed by atoms with Crippen LogP contribution in [-0.2, 0) is 13.5 Å². The smallest absolute Gasteiger partial charge is 0.254 e. The second-order valence-electron chi connectivity index (χ2n) is 6.84. The second-order valence-corrected chi connectivity index (χ2v) is 6.84. The van der Waals surface area contributed by atoms with Gasteiger partial charge < -0.3 is 14.6 Å². The van der Waals surface area contributed by atoms with Crippen molar-refractivity contribution >= 4 is 16.9 Å². The largest absolute Gasteiger partial charge is 0.391 e. The summed E-state index contributed by atoms with van der Waals surface area (Å²) >= 11 is 0. The molecule has 0 unspecified atom stereocenters. The van der Waals surface area contributed by atoms with E-state index in [0.717, 1.165) is 22.4 Å². The molecule has 2 N–H and O–H groups in total. The van der Waals surface area contributed by atoms with Gasteiger partial charge in [-0.05, 0) is 37.6 Å². The number of carbonyl (C=O) groups is 1. The number of aromatic amines is 1. The number of likely N-dealkylation sites (tertiary alicyclic amines) is 1. The number of aryl methyl sites for hydroxylation is 2. The van der Waals surface area contributed by atoms with E-state index in [-0.39, 0.29) is 11.8 Å². The Balaban J connectivity index is 1.50. The SMILES string of the molecule is Cc1cc(C[C@@H]2CN(C(=O)c3ccc4c(c3)ncn4C)C[C@@H]2O)n[nH]1. The number of amides is 1. The van der Waals surface area contributed by atoms with E-state index in [1.165, 1.54) is 0 Å². The number of fused-ring (bicyclic) bond motifs is 1. The number of nitrogens with zero attached hydrogens (tertiary/aromatic N) is 4. The molecule has 4 rings (SSSR count). The average Bonchev–Trinajstić information content (AvgIpc) is 3.28. The van der Waals surface area contributed by atoms with E-state index in [0.29, 0.717) is 25.1 Å². The lowest BCUT2D eigenvalue weighted by atomic mass is 10.0. The number of H-pyrrole nitrogens is 1. The van der Waals surface area contributed by atoms with Crippen LogP contribution in [0.15, 0.2) is 30.6 Å². The third kappa shape index (κ3) is 2.91. The van der Waals surface area contributed by atoms with Gasteiger partial charge in [-0.2, -0.15) is 5.10 Å². The highest BCUT2D eigenvalue weighted by atomic mass is 16.3. The van der Waals surface area contributed by atoms with E-state index in [9.17, 15) is 9.90 Å². The van der Waals surface area contributed by atoms with Gasteiger partial charge in [0, 0.05) is 37.3 Å². The van der Waals surface area contributed by atoms with Gasteiger partial charge >= 0.3 is 0 Å². The van der Waals surface area contributed by atoms with Crippen LogP contribution in [0.25, 0.3) is 11.0 Å². The summed E-state index contributed by atoms with van der Waals surface area (Å²) in [7, 11) is 1.93. The summed E-state index contributed by atoms with van der Waals surface area (Å²) in [6.45, 7) is 2.84. The quantitative estimate of drug-likeness (QED) is 0.752. The van der Waals surface area contributed by atoms with Crippen molar-refractivity contribution in [3.8, 4) is 0 Å². The maximum atomic E-state index is 12.8. The molecular weight excluding hydrogens is 318 g/mol. The van der Waals surface area contributed by atoms with Gasteiger partial charge in [-0.25, -0.2) is 4.98 Å². The van der Waals surface area contributed by atoms with Crippen molar-refractivity contribution in [2.45, 2.75) is 19.4 Å². The summed E-state index contributed by atoms with van der Waals surface area (Å²) in [5, 5.41) is 17.5. The van der Waals surface area contributed by atoms with Crippen LogP contribution in [0.5, 0.6) is 0 Å². The molecule has 0 spiro atoms. The third-order valence-electron chi connectivity index (χ3n) is 4.90. The third-order valence-corrected chi connectivity index (χ3v) is 4.90. The fraction of sp³-hybridized carbons (Fsp3) is 0.389. The van der Waals surface area contributed by atoms with Crippen molar-refractivity contribution in [3.05, 3.63) is 47.5 Å². The van der Waals surface area contributed by atoms with Crippen LogP contribution in [0.4, 0.5) is 0 Å². The van der Waals surface area contributed by atoms with Crippen molar-refractivity contribution in [1.82, 2.24) is 24.6 Å². The number of carbonyl (C=O) groups excluding carboxylic acids is 1. The van der Waals surface area contributed by atoms with Crippen LogP contribution in [0.1, 0.15) is 21.7 Å². The predicted octanol–water partition coefficient (Wildman–Crippen LogP) is 1.28. The first kappa shape index (κ1) is 15.8. The lowest BCUT2D eigenvalue weighted by molar-refractivity contribution is 0.0765. The molecule has 3 aromatic rings. The molecule has 1 amide bonds. The van der Waals surface area contributed by atoms with Gasteiger partial charge in [-0.3, -0.25) is 9.89 Å². The van der Waals surface area contributed by atoms with E-state index in [1.54, 1.807) is 11.2 Å². The van der Waals surface area contributed by atoms with Gasteiger partial charge in [0.2, 0.25) is 0 Å². The molecule has 1 aliphatic heterocycles. The molecule has 130 valence electrons. The molecule has 1 aliphatic rings. The Bertz CT molecular complexity index is 929. The molecule has 0 aliphatic carbocycles. The van der Waals surface area contributed by atoms with Crippen molar-refractivity contribution in [2.75, 3.05) is 13.1 Å². The minimum absolute atomic E-state index is 0.00484. The second kappa shape index (κ2) is 6.00. The van der Waals surface area contributed by atoms with Crippen LogP contribution >= 0.6 is 0 Å². The van der Waals surface area contributed by atoms with Gasteiger partial charge in [0.05, 0.1) is 29.2 Å². The number of aliphatic hydroxyl groups excluding tert-OH is 1. The Hall–Kier alpha value is -2.67. The zero-order valence-electron chi connectivity index (χ0n) is 14.3. The summed E-state index contributed by atoms with van der Waals surface area (Å²) in [4.78, 5) is 18.8. The predicted molar refractivity (Wildman–Crippen MR) is 93.1 cm³/mol. The molecule has 7 heteroatoms. The molecule has 1 saturated heterocycles. The monoisotopic (exact) mass is 339 g/mol. The maximum absolute atomic E-state index is 12.8. The van der Waals surface area contributed by atoms with Crippen molar-refractivity contribution in [3.63, 3.8) is 0 Å². The highest BCUT2D eigenvalue weighted by Crippen LogP contribution is 2.24. The summed E-state index contributed by atoms with van der Waals surface area (Å²) < 4.78 is 1.92. The highest BCUT2D eigenvalue weighted by molar-refractivity contribution is 5.97. The fourth-order valence-corrected chi connectivity index (χ4v) is 3.52. The first-order valence-electron chi connectivity index (χ1n) is 8.40. The number of imidazole rings is 1. The fourth-order valence-electron chi connectivity index (χ4n) is 3.52. The first-order valence-corrected chi connectivity index (χ1v) is 8.40. The summed E-state index contributed by atoms with van der Waals surface area (Å²) in [6.07, 6.45) is 1.87. The van der Waals surface area contributed by atoms with Gasteiger partial charge in [-0.15, -0.1) is 0 Å². The number of hydrogen-bond donors (Lipinski definition) is 2. The van der Waals surface area contributed by atoms with E-state index in [4.69, 9.17) is 0 Å². The van der Waals surface area contributed by atoms with Crippen LogP contribution in [0.3, 0.4) is 0 Å². The number of β-amino-alcohol motifs (C(OH)–C–C–N with tert-alkyl or cyclic N) is 1. The summed E-state index contributed by atoms with van der Waals surface area (Å²) in [5.74, 6) is -0.0578. The normalized spacial score (nSPS) is 20.5. The van der Waals surface area contributed by atoms with Crippen molar-refractivity contribution in [2.24, 2.45) is 13.0 Å². The average molecular weight is 339 g/mol. The number of aromatic nitrogens is 4. The first-order chi connectivity index (χ1) is 12.0. The molecule has 0 radical (unpaired) electrons. The minimum Gasteiger partial charge on any atom is -0.391 e. The summed E-state index contributed by atoms with van der Waals surface area (Å²) in [5.41, 5.74) is 4.32. The van der Waals surface area contributed by atoms with Crippen molar-refractivity contribution < 1.29 is 9.90 Å². The Morgan fingerprint density at radius 3 is 2.96 bits per heavy atom. The van der Waals surface area contributed by atoms with Gasteiger partial charge in [-0.1, -0.05) is 0 Å². The molecule has 1 fully saturated rings. The minimum atomic E-state index is -0.528. The van der Waals surface area contributed by atoms with Crippen LogP contribution in [0.2, 0.25) is 0 Å². The number of rotatable bonds is 3. The highest BCUT2D eigenvalue weighted by Gasteiger charge is 2.34. The molecular formula is C18H21N5O2. The Kier molecular flexibility index (Phi) is 3.80. The number of hydrogen-bond acceptors (Lipinski definition) is 4. The molecule has 0 bridgehead atoms. The van der Waals surface area contributed by atoms with E-state index < -0.39 is 6.10 Å². The molecule has 2 atom stereocenters. The van der Waals surface area contributed by atoms with Crippen molar-refractivity contribution in [1.29, 1.82) is 0 Å². The van der Waals surface area contributed by atoms with Crippen LogP contribution < -0.4 is 0 Å². The Labute approximate surface area is 145 Å². The Morgan fingerprint density at radius 1 is 1.36 bits per heavy atom. The lowest BCUT2D eigenvalue weighted by Gasteiger charge is -2.16. The van der Waals surface area contributed by atoms with Gasteiger partial charge in [0.15, 0.2) is 0 Å². The number of nitrogens with one attached hydrogen (secondary N) is 1. The molecule has 25 heavy (non-hydrogen) atoms. The summed E-state index contributed by atoms with van der Waals surface area (Å²) in [6, 6.07) is 7.52. The van der Waals surface area contributed by atoms with E-state index in [2.05, 4.69) is 15.2 Å². The lowest BCUT2D eigenvalue weighted by Crippen LogP contribution is -2.29. The topological polar surface area (TPSA) is 87.0 Å². The van der Waals surface area contributed by atoms with Gasteiger partial charge in [0.1, 0.15) is 0 Å². The molecule has 0 saturated carbocycles. The molecule has 3 heterocycles. The zero-order chi connectivity index (χ0) is 17.6. The number of benzene rings is 1. The zero-order valence-corrected chi connectivity index (χ0v) is 14.3.